The van der Waals surface area contributed by atoms with Crippen LogP contribution in [0.25, 0.3) is 0 Å². The number of fused-ring (bicyclic) bond motifs is 62. The zero-order chi connectivity index (χ0) is 56.9. The van der Waals surface area contributed by atoms with Crippen molar-refractivity contribution < 1.29 is 0 Å². The molecule has 0 amide bonds. The summed E-state index contributed by atoms with van der Waals surface area (Å²) in [6.45, 7) is 0. The molecule has 0 aromatic rings. The minimum atomic E-state index is 1.07. The lowest BCUT2D eigenvalue weighted by Crippen LogP contribution is -3.40. The Kier molecular flexibility index (Phi) is 2.38. The van der Waals surface area contributed by atoms with Crippen molar-refractivity contribution in [2.24, 2.45) is 564 Å². The minimum absolute atomic E-state index is 1.07. The summed E-state index contributed by atoms with van der Waals surface area (Å²) in [5, 5.41) is 0. The quantitative estimate of drug-likeness (QED) is 0.227. The molecule has 0 radical (unpaired) electrons. The average molecular weight is 1300 g/mol. The van der Waals surface area contributed by atoms with E-state index in [1.165, 1.54) is 391 Å². The molecule has 0 heteroatoms. The maximum atomic E-state index is 1.78. The Labute approximate surface area is 585 Å². The van der Waals surface area contributed by atoms with Crippen LogP contribution in [0.5, 0.6) is 0 Å². The van der Waals surface area contributed by atoms with E-state index in [1.807, 2.05) is 0 Å². The van der Waals surface area contributed by atoms with E-state index in [0.29, 0.717) is 0 Å². The Balaban J connectivity index is 0.350. The predicted molar refractivity (Wildman–Crippen MR) is 327 cm³/mol. The van der Waals surface area contributed by atoms with Crippen molar-refractivity contribution in [1.82, 2.24) is 0 Å². The first-order chi connectivity index (χ1) is 50.7. The SMILES string of the molecule is C1C2CC3C4C5C6C7C8C9C%10C%11C%12C%13C%14C%15C%16C%17C%18C%19C%20C%21C%22C%23C%24C%25C%26C%27C%28C%29C%30C%31C%32C%33C%34CC%35CC%36C%37C%38C%39C%40C%41C%42C%43C%44C%45C%46C%47C%48C%49C%50C%51C%52C%53C%54C%55C%56C%57C%58C%59C%60C%61C%62C%63C%64C%65C%66C1C23C%664C%655C%646C%637C%628C%619C%60%10C%59%11C%58%12C%57%13C%56%14C%55%15C%54%16C%53%17C%52%18C%51%19C%50%20C%49%21C%48%22C%47%23C%46%24C%45%25C%44%26C%43%27C%42%28C%41%29C%40%30C%39%31C%38%32C%37%33C%35%36%34. The smallest absolute Gasteiger partial charge is 0.00932 e. The van der Waals surface area contributed by atoms with Crippen molar-refractivity contribution in [1.29, 1.82) is 0 Å². The molecule has 102 heavy (non-hydrogen) atoms. The highest BCUT2D eigenvalue weighted by Crippen LogP contribution is 3.49. The molecule has 0 aromatic carbocycles. The molecule has 0 bridgehead atoms. The molecule has 64 unspecified atom stereocenters. The third kappa shape index (κ3) is 1.11. The summed E-state index contributed by atoms with van der Waals surface area (Å²) in [6, 6.07) is 0. The Hall–Kier alpha value is 0. The monoisotopic (exact) mass is 1300 g/mol. The maximum absolute atomic E-state index is 1.78. The molecule has 66 aliphatic carbocycles. The van der Waals surface area contributed by atoms with E-state index in [4.69, 9.17) is 0 Å². The highest BCUT2D eigenvalue weighted by Gasteiger charge is 3.47. The molecule has 0 saturated heterocycles. The van der Waals surface area contributed by atoms with Gasteiger partial charge in [-0.25, -0.2) is 0 Å². The second-order valence-corrected chi connectivity index (χ2v) is 64.2. The summed E-state index contributed by atoms with van der Waals surface area (Å²) >= 11 is 0. The zero-order valence-electron chi connectivity index (χ0n) is 56.9. The van der Waals surface area contributed by atoms with Gasteiger partial charge in [-0.15, -0.1) is 0 Å². The van der Waals surface area contributed by atoms with Gasteiger partial charge in [-0.2, -0.15) is 0 Å². The van der Waals surface area contributed by atoms with Gasteiger partial charge in [-0.1, -0.05) is 0 Å². The van der Waals surface area contributed by atoms with Crippen LogP contribution in [0.2, 0.25) is 0 Å². The molecule has 0 heterocycles. The fourth-order valence-corrected chi connectivity index (χ4v) is 99.6. The lowest BCUT2D eigenvalue weighted by molar-refractivity contribution is -0.971. The van der Waals surface area contributed by atoms with E-state index in [0.717, 1.165) is 173 Å². The van der Waals surface area contributed by atoms with Gasteiger partial charge in [-0.3, -0.25) is 0 Å². The third-order valence-corrected chi connectivity index (χ3v) is 83.0. The summed E-state index contributed by atoms with van der Waals surface area (Å²) in [5.41, 5.74) is 34.9. The number of hydrogen-bond acceptors (Lipinski definition) is 0. The van der Waals surface area contributed by atoms with Gasteiger partial charge in [0.2, 0.25) is 0 Å². The average Bonchev–Trinajstić information content (AvgIpc) is 0.477. The minimum Gasteiger partial charge on any atom is -0.0461 e. The van der Waals surface area contributed by atoms with Crippen molar-refractivity contribution >= 4 is 0 Å². The van der Waals surface area contributed by atoms with Crippen LogP contribution >= 0.6 is 0 Å². The summed E-state index contributed by atoms with van der Waals surface area (Å²) in [7, 11) is 0. The Morgan fingerprint density at radius 3 is 0.255 bits per heavy atom. The van der Waals surface area contributed by atoms with E-state index in [9.17, 15) is 0 Å². The van der Waals surface area contributed by atoms with E-state index < -0.39 is 0 Å². The number of rotatable bonds is 0. The fraction of sp³-hybridized carbons (Fsp3) is 1.00. The van der Waals surface area contributed by atoms with Crippen LogP contribution in [0.4, 0.5) is 0 Å². The van der Waals surface area contributed by atoms with E-state index in [2.05, 4.69) is 0 Å². The molecule has 32 spiro atoms. The van der Waals surface area contributed by atoms with Gasteiger partial charge in [0.25, 0.3) is 0 Å². The normalized spacial score (nSPS) is 131. The molecule has 0 aromatic heterocycles. The molecule has 64 atom stereocenters. The second kappa shape index (κ2) is 6.51. The van der Waals surface area contributed by atoms with Crippen LogP contribution in [0.3, 0.4) is 0 Å². The molecule has 66 aliphatic rings. The van der Waals surface area contributed by atoms with Crippen molar-refractivity contribution in [3.8, 4) is 0 Å². The van der Waals surface area contributed by atoms with E-state index in [1.54, 1.807) is 25.7 Å². The van der Waals surface area contributed by atoms with Crippen LogP contribution in [0.15, 0.2) is 0 Å². The topological polar surface area (TPSA) is 0 Å². The lowest BCUT2D eigenvalue weighted by Gasteiger charge is -3.42. The van der Waals surface area contributed by atoms with Gasteiger partial charge in [0, 0.05) is 0 Å². The Morgan fingerprint density at radius 1 is 0.0882 bits per heavy atom. The summed E-state index contributed by atoms with van der Waals surface area (Å²) in [5.74, 6) is 92.0. The van der Waals surface area contributed by atoms with Crippen LogP contribution in [-0.2, 0) is 0 Å². The first-order valence-electron chi connectivity index (χ1n) is 50.7. The van der Waals surface area contributed by atoms with Gasteiger partial charge >= 0.3 is 0 Å². The molecular formula is C102H74. The van der Waals surface area contributed by atoms with Gasteiger partial charge in [-0.05, 0) is 590 Å². The fourth-order valence-electron chi connectivity index (χ4n) is 99.6. The van der Waals surface area contributed by atoms with Crippen molar-refractivity contribution in [3.63, 3.8) is 0 Å². The third-order valence-electron chi connectivity index (χ3n) is 83.0. The summed E-state index contributed by atoms with van der Waals surface area (Å²) in [4.78, 5) is 0. The standard InChI is InChI=1S/C102H74/c1-5-2-8-12-16-20-24-28-32-36-40-44-48-52-56-60-64-69-70-66-62-58-54-50-46-42-38-34-30-26-22-18-14-10-4-6-3-9-13-17-21-25-29-33-37-41-45-49-53-57-61-65-68-67-63-59-55-51-47-43-39-35-31-27-23-19-15-11-7(1)71(5,8)73(11,12)75(15,16)77(19,20)79(23,24)81(27,28)83(31,32)85(35,36)87(39,40)89(43,44)91(47,48)93(51,52)95(55,56)97(59,60)99(63,64)101(67,69)102(68,70)100(65,66)98(61,62)96(57,58)94(53,54)92(49,50)90(45,46)88(41,42)86(37,38)84(33,34)82(29,30)80(25,26)78(21,22)76(17,18)74(13,14)72(6,9)10/h5-70H,1-4H2. The van der Waals surface area contributed by atoms with Crippen molar-refractivity contribution in [2.75, 3.05) is 0 Å². The summed E-state index contributed by atoms with van der Waals surface area (Å²) in [6.07, 6.45) is 7.11. The highest BCUT2D eigenvalue weighted by atomic mass is 15.5. The summed E-state index contributed by atoms with van der Waals surface area (Å²) < 4.78 is 0. The van der Waals surface area contributed by atoms with Crippen molar-refractivity contribution in [2.45, 2.75) is 25.7 Å². The van der Waals surface area contributed by atoms with Crippen LogP contribution in [0.1, 0.15) is 25.7 Å². The zero-order valence-corrected chi connectivity index (χ0v) is 56.9. The van der Waals surface area contributed by atoms with Crippen LogP contribution < -0.4 is 0 Å². The molecule has 0 N–H and O–H groups in total. The Bertz CT molecular complexity index is 6070. The van der Waals surface area contributed by atoms with Crippen molar-refractivity contribution in [3.05, 3.63) is 0 Å². The highest BCUT2D eigenvalue weighted by molar-refractivity contribution is 5.92. The second-order valence-electron chi connectivity index (χ2n) is 64.2. The van der Waals surface area contributed by atoms with Gasteiger partial charge in [0.1, 0.15) is 0 Å². The number of hydrogen-bond donors (Lipinski definition) is 0. The Morgan fingerprint density at radius 2 is 0.167 bits per heavy atom. The molecule has 66 fully saturated rings. The molecule has 66 rings (SSSR count). The van der Waals surface area contributed by atoms with E-state index >= 15 is 0 Å². The van der Waals surface area contributed by atoms with Gasteiger partial charge in [0.05, 0.1) is 0 Å². The first-order valence-corrected chi connectivity index (χ1v) is 50.7. The maximum Gasteiger partial charge on any atom is -0.00932 e. The molecular weight excluding hydrogens is 1230 g/mol. The van der Waals surface area contributed by atoms with Crippen LogP contribution in [-0.4, -0.2) is 0 Å². The molecule has 0 nitrogen and oxygen atoms in total. The largest absolute Gasteiger partial charge is 0.0461 e. The first kappa shape index (κ1) is 37.3. The van der Waals surface area contributed by atoms with Gasteiger partial charge < -0.3 is 0 Å². The lowest BCUT2D eigenvalue weighted by atomic mass is 8.61. The molecule has 0 aliphatic heterocycles. The van der Waals surface area contributed by atoms with Gasteiger partial charge in [0.15, 0.2) is 0 Å². The predicted octanol–water partition coefficient (Wildman–Crippen LogP) is 9.68. The molecule has 482 valence electrons. The molecule has 66 saturated carbocycles. The van der Waals surface area contributed by atoms with Crippen LogP contribution in [0, 0.1) is 564 Å². The van der Waals surface area contributed by atoms with E-state index in [-0.39, 0.29) is 0 Å².